The van der Waals surface area contributed by atoms with Gasteiger partial charge in [-0.3, -0.25) is 10.00 Å². The summed E-state index contributed by atoms with van der Waals surface area (Å²) in [6, 6.07) is 5.95. The molecule has 0 spiro atoms. The number of β-amino-alcohol motifs (C(OH)–C–C–N with tert-alkyl or cyclic N) is 1. The van der Waals surface area contributed by atoms with E-state index >= 15 is 4.39 Å². The van der Waals surface area contributed by atoms with E-state index in [1.807, 2.05) is 25.1 Å². The van der Waals surface area contributed by atoms with Gasteiger partial charge in [0, 0.05) is 62.0 Å². The van der Waals surface area contributed by atoms with E-state index in [1.165, 1.54) is 6.07 Å². The number of benzene rings is 1. The Labute approximate surface area is 212 Å². The zero-order valence-corrected chi connectivity index (χ0v) is 20.6. The van der Waals surface area contributed by atoms with Crippen LogP contribution in [0.15, 0.2) is 30.3 Å². The summed E-state index contributed by atoms with van der Waals surface area (Å²) >= 11 is 0. The molecule has 0 bridgehead atoms. The minimum absolute atomic E-state index is 0.0793. The molecule has 0 amide bonds. The SMILES string of the molecule is C/C=C\c1cc(Nc2cc(N3CCN(CCO)CC3)nc(Oc3cc(F)c4[nH]c(C)cc4c3F)n2)n[nH]1. The number of H-pyrrole nitrogens is 2. The van der Waals surface area contributed by atoms with Gasteiger partial charge in [-0.25, -0.2) is 8.78 Å². The number of nitrogens with one attached hydrogen (secondary N) is 3. The largest absolute Gasteiger partial charge is 0.421 e. The lowest BCUT2D eigenvalue weighted by Gasteiger charge is -2.35. The summed E-state index contributed by atoms with van der Waals surface area (Å²) in [5.74, 6) is -0.171. The molecule has 1 fully saturated rings. The molecule has 1 aromatic carbocycles. The zero-order chi connectivity index (χ0) is 25.9. The summed E-state index contributed by atoms with van der Waals surface area (Å²) in [7, 11) is 0. The van der Waals surface area contributed by atoms with Gasteiger partial charge >= 0.3 is 6.01 Å². The highest BCUT2D eigenvalue weighted by Crippen LogP contribution is 2.33. The van der Waals surface area contributed by atoms with Crippen LogP contribution in [-0.2, 0) is 0 Å². The first kappa shape index (κ1) is 24.7. The Kier molecular flexibility index (Phi) is 7.01. The number of piperazine rings is 1. The fourth-order valence-corrected chi connectivity index (χ4v) is 4.33. The third-order valence-electron chi connectivity index (χ3n) is 6.11. The van der Waals surface area contributed by atoms with Crippen LogP contribution in [0, 0.1) is 18.6 Å². The third-order valence-corrected chi connectivity index (χ3v) is 6.11. The third kappa shape index (κ3) is 5.39. The first-order chi connectivity index (χ1) is 17.9. The van der Waals surface area contributed by atoms with E-state index < -0.39 is 11.6 Å². The molecule has 1 aliphatic rings. The number of nitrogens with zero attached hydrogens (tertiary/aromatic N) is 5. The normalized spacial score (nSPS) is 14.7. The Morgan fingerprint density at radius 2 is 1.92 bits per heavy atom. The Balaban J connectivity index is 1.47. The molecule has 0 aliphatic carbocycles. The number of aryl methyl sites for hydroxylation is 1. The molecule has 4 aromatic rings. The van der Waals surface area contributed by atoms with Gasteiger partial charge in [0.15, 0.2) is 23.2 Å². The van der Waals surface area contributed by atoms with Crippen molar-refractivity contribution in [3.05, 3.63) is 53.4 Å². The summed E-state index contributed by atoms with van der Waals surface area (Å²) in [5, 5.41) is 19.6. The van der Waals surface area contributed by atoms with Crippen molar-refractivity contribution in [2.45, 2.75) is 13.8 Å². The highest BCUT2D eigenvalue weighted by atomic mass is 19.1. The molecule has 12 heteroatoms. The number of allylic oxidation sites excluding steroid dienone is 1. The Hall–Kier alpha value is -4.03. The predicted octanol–water partition coefficient (Wildman–Crippen LogP) is 3.95. The molecule has 1 aliphatic heterocycles. The van der Waals surface area contributed by atoms with E-state index in [4.69, 9.17) is 4.74 Å². The van der Waals surface area contributed by atoms with Crippen LogP contribution >= 0.6 is 0 Å². The van der Waals surface area contributed by atoms with Crippen molar-refractivity contribution >= 4 is 34.4 Å². The van der Waals surface area contributed by atoms with Gasteiger partial charge in [-0.15, -0.1) is 0 Å². The number of aromatic nitrogens is 5. The topological polar surface area (TPSA) is 118 Å². The maximum absolute atomic E-state index is 15.2. The van der Waals surface area contributed by atoms with E-state index in [-0.39, 0.29) is 29.3 Å². The molecule has 1 saturated heterocycles. The highest BCUT2D eigenvalue weighted by molar-refractivity contribution is 5.83. The summed E-state index contributed by atoms with van der Waals surface area (Å²) < 4.78 is 35.6. The standard InChI is InChI=1S/C25H28F2N8O2/c1-3-4-16-12-21(33-32-16)29-20-14-22(35-7-5-34(6-8-35)9-10-36)31-25(30-20)37-19-13-18(26)24-17(23(19)27)11-15(2)28-24/h3-4,11-14,28,36H,5-10H2,1-2H3,(H2,29,30,31,32,33)/b4-3-. The van der Waals surface area contributed by atoms with Gasteiger partial charge in [-0.2, -0.15) is 15.1 Å². The van der Waals surface area contributed by atoms with Crippen molar-refractivity contribution < 1.29 is 18.6 Å². The van der Waals surface area contributed by atoms with Gasteiger partial charge in [0.05, 0.1) is 17.8 Å². The number of halogens is 2. The lowest BCUT2D eigenvalue weighted by atomic mass is 10.2. The van der Waals surface area contributed by atoms with E-state index in [2.05, 4.69) is 40.3 Å². The second-order valence-corrected chi connectivity index (χ2v) is 8.79. The molecule has 10 nitrogen and oxygen atoms in total. The molecule has 5 rings (SSSR count). The zero-order valence-electron chi connectivity index (χ0n) is 20.6. The fraction of sp³-hybridized carbons (Fsp3) is 0.320. The second kappa shape index (κ2) is 10.5. The van der Waals surface area contributed by atoms with Crippen molar-refractivity contribution in [1.82, 2.24) is 30.0 Å². The maximum Gasteiger partial charge on any atom is 0.326 e. The maximum atomic E-state index is 15.2. The smallest absolute Gasteiger partial charge is 0.326 e. The van der Waals surface area contributed by atoms with Crippen molar-refractivity contribution in [3.63, 3.8) is 0 Å². The molecule has 4 N–H and O–H groups in total. The summed E-state index contributed by atoms with van der Waals surface area (Å²) in [6.45, 7) is 7.17. The van der Waals surface area contributed by atoms with Gasteiger partial charge in [-0.1, -0.05) is 6.08 Å². The first-order valence-corrected chi connectivity index (χ1v) is 12.0. The number of hydrogen-bond acceptors (Lipinski definition) is 8. The quantitative estimate of drug-likeness (QED) is 0.282. The number of hydrogen-bond donors (Lipinski definition) is 4. The molecule has 194 valence electrons. The molecular weight excluding hydrogens is 482 g/mol. The van der Waals surface area contributed by atoms with Gasteiger partial charge in [0.2, 0.25) is 0 Å². The molecule has 0 unspecified atom stereocenters. The number of aliphatic hydroxyl groups excluding tert-OH is 1. The summed E-state index contributed by atoms with van der Waals surface area (Å²) in [5.41, 5.74) is 1.52. The minimum Gasteiger partial charge on any atom is -0.421 e. The molecule has 0 saturated carbocycles. The average molecular weight is 511 g/mol. The average Bonchev–Trinajstić information content (AvgIpc) is 3.49. The van der Waals surface area contributed by atoms with Crippen molar-refractivity contribution in [1.29, 1.82) is 0 Å². The number of ether oxygens (including phenoxy) is 1. The van der Waals surface area contributed by atoms with Crippen LogP contribution in [0.3, 0.4) is 0 Å². The van der Waals surface area contributed by atoms with Crippen molar-refractivity contribution in [3.8, 4) is 11.8 Å². The molecule has 4 heterocycles. The van der Waals surface area contributed by atoms with Gasteiger partial charge in [0.25, 0.3) is 0 Å². The van der Waals surface area contributed by atoms with E-state index in [0.717, 1.165) is 24.8 Å². The van der Waals surface area contributed by atoms with Crippen molar-refractivity contribution in [2.75, 3.05) is 49.5 Å². The van der Waals surface area contributed by atoms with E-state index in [9.17, 15) is 9.50 Å². The predicted molar refractivity (Wildman–Crippen MR) is 137 cm³/mol. The van der Waals surface area contributed by atoms with Crippen LogP contribution in [0.1, 0.15) is 18.3 Å². The van der Waals surface area contributed by atoms with Crippen molar-refractivity contribution in [2.24, 2.45) is 0 Å². The van der Waals surface area contributed by atoms with Gasteiger partial charge in [0.1, 0.15) is 11.6 Å². The summed E-state index contributed by atoms with van der Waals surface area (Å²) in [6.07, 6.45) is 3.76. The first-order valence-electron chi connectivity index (χ1n) is 12.0. The fourth-order valence-electron chi connectivity index (χ4n) is 4.33. The monoisotopic (exact) mass is 510 g/mol. The number of aliphatic hydroxyl groups is 1. The lowest BCUT2D eigenvalue weighted by Crippen LogP contribution is -2.47. The van der Waals surface area contributed by atoms with Crippen LogP contribution < -0.4 is 15.0 Å². The van der Waals surface area contributed by atoms with Crippen LogP contribution in [-0.4, -0.2) is 74.5 Å². The second-order valence-electron chi connectivity index (χ2n) is 8.79. The molecular formula is C25H28F2N8O2. The van der Waals surface area contributed by atoms with Crippen LogP contribution in [0.25, 0.3) is 17.0 Å². The molecule has 0 atom stereocenters. The molecule has 0 radical (unpaired) electrons. The molecule has 3 aromatic heterocycles. The van der Waals surface area contributed by atoms with E-state index in [1.54, 1.807) is 13.0 Å². The van der Waals surface area contributed by atoms with Crippen LogP contribution in [0.5, 0.6) is 11.8 Å². The number of aromatic amines is 2. The molecule has 37 heavy (non-hydrogen) atoms. The highest BCUT2D eigenvalue weighted by Gasteiger charge is 2.22. The Morgan fingerprint density at radius 1 is 1.11 bits per heavy atom. The minimum atomic E-state index is -0.704. The Morgan fingerprint density at radius 3 is 2.68 bits per heavy atom. The van der Waals surface area contributed by atoms with Crippen LogP contribution in [0.2, 0.25) is 0 Å². The lowest BCUT2D eigenvalue weighted by molar-refractivity contribution is 0.188. The van der Waals surface area contributed by atoms with Crippen LogP contribution in [0.4, 0.5) is 26.2 Å². The van der Waals surface area contributed by atoms with Gasteiger partial charge < -0.3 is 25.0 Å². The number of fused-ring (bicyclic) bond motifs is 1. The number of anilines is 3. The van der Waals surface area contributed by atoms with Gasteiger partial charge in [-0.05, 0) is 26.0 Å². The van der Waals surface area contributed by atoms with E-state index in [0.29, 0.717) is 42.8 Å². The Bertz CT molecular complexity index is 1430. The number of rotatable bonds is 8. The summed E-state index contributed by atoms with van der Waals surface area (Å²) in [4.78, 5) is 15.9.